The van der Waals surface area contributed by atoms with Crippen molar-refractivity contribution in [1.29, 1.82) is 5.26 Å². The molecule has 1 amide bonds. The first kappa shape index (κ1) is 15.4. The third kappa shape index (κ3) is 3.31. The van der Waals surface area contributed by atoms with Crippen molar-refractivity contribution in [3.05, 3.63) is 77.6 Å². The Morgan fingerprint density at radius 1 is 1.17 bits per heavy atom. The summed E-state index contributed by atoms with van der Waals surface area (Å²) in [6.45, 7) is 1.88. The van der Waals surface area contributed by atoms with E-state index in [0.717, 1.165) is 11.3 Å². The fourth-order valence-electron chi connectivity index (χ4n) is 2.25. The van der Waals surface area contributed by atoms with Crippen molar-refractivity contribution in [2.75, 3.05) is 0 Å². The summed E-state index contributed by atoms with van der Waals surface area (Å²) < 4.78 is 0. The second-order valence-corrected chi connectivity index (χ2v) is 5.28. The molecule has 0 bridgehead atoms. The Kier molecular flexibility index (Phi) is 4.34. The Labute approximate surface area is 139 Å². The predicted octanol–water partition coefficient (Wildman–Crippen LogP) is 2.63. The molecule has 0 spiro atoms. The van der Waals surface area contributed by atoms with E-state index < -0.39 is 0 Å². The van der Waals surface area contributed by atoms with Gasteiger partial charge in [0, 0.05) is 0 Å². The Morgan fingerprint density at radius 3 is 2.54 bits per heavy atom. The highest BCUT2D eigenvalue weighted by molar-refractivity contribution is 5.92. The molecule has 3 rings (SSSR count). The molecule has 0 radical (unpaired) electrons. The number of nitrogens with zero attached hydrogens (tertiary/aromatic N) is 4. The summed E-state index contributed by atoms with van der Waals surface area (Å²) in [5, 5.41) is 20.0. The van der Waals surface area contributed by atoms with Crippen LogP contribution in [0.25, 0.3) is 5.69 Å². The second kappa shape index (κ2) is 6.75. The van der Waals surface area contributed by atoms with Gasteiger partial charge in [0.05, 0.1) is 29.6 Å². The number of aromatic nitrogens is 3. The summed E-state index contributed by atoms with van der Waals surface area (Å²) in [6.07, 6.45) is 1.44. The predicted molar refractivity (Wildman–Crippen MR) is 88.4 cm³/mol. The number of nitrogens with one attached hydrogen (secondary N) is 1. The van der Waals surface area contributed by atoms with Crippen molar-refractivity contribution in [1.82, 2.24) is 20.3 Å². The van der Waals surface area contributed by atoms with Crippen LogP contribution in [0.15, 0.2) is 60.8 Å². The number of hydrogen-bond donors (Lipinski definition) is 1. The minimum atomic E-state index is -0.297. The summed E-state index contributed by atoms with van der Waals surface area (Å²) in [4.78, 5) is 13.7. The number of benzene rings is 2. The summed E-state index contributed by atoms with van der Waals surface area (Å²) in [5.41, 5.74) is 2.54. The van der Waals surface area contributed by atoms with E-state index in [2.05, 4.69) is 21.6 Å². The molecular weight excluding hydrogens is 302 g/mol. The molecule has 6 nitrogen and oxygen atoms in total. The fraction of sp³-hybridized carbons (Fsp3) is 0.111. The minimum Gasteiger partial charge on any atom is -0.344 e. The standard InChI is InChI=1S/C18H15N5O/c1-13(15-9-7-14(11-19)8-10-15)21-18(24)17-12-20-23(22-17)16-5-3-2-4-6-16/h2-10,12-13H,1H3,(H,21,24). The molecule has 0 saturated heterocycles. The molecule has 1 atom stereocenters. The van der Waals surface area contributed by atoms with Crippen molar-refractivity contribution in [2.45, 2.75) is 13.0 Å². The van der Waals surface area contributed by atoms with Crippen LogP contribution in [-0.2, 0) is 0 Å². The lowest BCUT2D eigenvalue weighted by Crippen LogP contribution is -2.27. The zero-order chi connectivity index (χ0) is 16.9. The summed E-state index contributed by atoms with van der Waals surface area (Å²) in [7, 11) is 0. The highest BCUT2D eigenvalue weighted by atomic mass is 16.2. The molecular formula is C18H15N5O. The van der Waals surface area contributed by atoms with Crippen LogP contribution in [0.1, 0.15) is 34.6 Å². The molecule has 1 unspecified atom stereocenters. The van der Waals surface area contributed by atoms with Gasteiger partial charge in [0.15, 0.2) is 5.69 Å². The topological polar surface area (TPSA) is 83.6 Å². The number of nitriles is 1. The normalized spacial score (nSPS) is 11.5. The van der Waals surface area contributed by atoms with Gasteiger partial charge < -0.3 is 5.32 Å². The van der Waals surface area contributed by atoms with Gasteiger partial charge in [-0.2, -0.15) is 15.2 Å². The quantitative estimate of drug-likeness (QED) is 0.801. The zero-order valence-corrected chi connectivity index (χ0v) is 13.0. The van der Waals surface area contributed by atoms with Gasteiger partial charge in [-0.25, -0.2) is 0 Å². The van der Waals surface area contributed by atoms with Crippen molar-refractivity contribution < 1.29 is 4.79 Å². The van der Waals surface area contributed by atoms with Crippen LogP contribution in [0.3, 0.4) is 0 Å². The van der Waals surface area contributed by atoms with Crippen molar-refractivity contribution in [3.8, 4) is 11.8 Å². The molecule has 24 heavy (non-hydrogen) atoms. The van der Waals surface area contributed by atoms with Crippen molar-refractivity contribution in [2.24, 2.45) is 0 Å². The summed E-state index contributed by atoms with van der Waals surface area (Å²) >= 11 is 0. The SMILES string of the molecule is CC(NC(=O)c1cnn(-c2ccccc2)n1)c1ccc(C#N)cc1. The van der Waals surface area contributed by atoms with Gasteiger partial charge in [0.25, 0.3) is 5.91 Å². The third-order valence-corrected chi connectivity index (χ3v) is 3.60. The van der Waals surface area contributed by atoms with E-state index in [1.165, 1.54) is 11.0 Å². The molecule has 1 aromatic heterocycles. The maximum atomic E-state index is 12.3. The highest BCUT2D eigenvalue weighted by Gasteiger charge is 2.15. The molecule has 6 heteroatoms. The fourth-order valence-corrected chi connectivity index (χ4v) is 2.25. The molecule has 0 aliphatic heterocycles. The van der Waals surface area contributed by atoms with E-state index in [0.29, 0.717) is 5.56 Å². The van der Waals surface area contributed by atoms with Crippen LogP contribution in [0.4, 0.5) is 0 Å². The largest absolute Gasteiger partial charge is 0.344 e. The van der Waals surface area contributed by atoms with E-state index in [1.807, 2.05) is 49.4 Å². The molecule has 1 N–H and O–H groups in total. The van der Waals surface area contributed by atoms with E-state index in [-0.39, 0.29) is 17.6 Å². The van der Waals surface area contributed by atoms with Crippen LogP contribution in [0.5, 0.6) is 0 Å². The Hall–Kier alpha value is -3.46. The summed E-state index contributed by atoms with van der Waals surface area (Å²) in [5.74, 6) is -0.297. The number of carbonyl (C=O) groups is 1. The summed E-state index contributed by atoms with van der Waals surface area (Å²) in [6, 6.07) is 18.4. The van der Waals surface area contributed by atoms with E-state index in [9.17, 15) is 4.79 Å². The second-order valence-electron chi connectivity index (χ2n) is 5.28. The van der Waals surface area contributed by atoms with Crippen LogP contribution < -0.4 is 5.32 Å². The van der Waals surface area contributed by atoms with Gasteiger partial charge >= 0.3 is 0 Å². The number of amides is 1. The number of para-hydroxylation sites is 1. The molecule has 0 aliphatic carbocycles. The van der Waals surface area contributed by atoms with E-state index >= 15 is 0 Å². The van der Waals surface area contributed by atoms with Crippen LogP contribution >= 0.6 is 0 Å². The van der Waals surface area contributed by atoms with Crippen molar-refractivity contribution >= 4 is 5.91 Å². The zero-order valence-electron chi connectivity index (χ0n) is 13.0. The molecule has 0 saturated carbocycles. The Bertz CT molecular complexity index is 878. The first-order chi connectivity index (χ1) is 11.7. The highest BCUT2D eigenvalue weighted by Crippen LogP contribution is 2.14. The maximum Gasteiger partial charge on any atom is 0.273 e. The first-order valence-electron chi connectivity index (χ1n) is 7.46. The molecule has 118 valence electrons. The van der Waals surface area contributed by atoms with Gasteiger partial charge in [0.1, 0.15) is 0 Å². The van der Waals surface area contributed by atoms with Gasteiger partial charge in [-0.3, -0.25) is 4.79 Å². The lowest BCUT2D eigenvalue weighted by molar-refractivity contribution is 0.0934. The van der Waals surface area contributed by atoms with Crippen molar-refractivity contribution in [3.63, 3.8) is 0 Å². The lowest BCUT2D eigenvalue weighted by atomic mass is 10.1. The number of hydrogen-bond acceptors (Lipinski definition) is 4. The average Bonchev–Trinajstić information content (AvgIpc) is 3.13. The molecule has 1 heterocycles. The first-order valence-corrected chi connectivity index (χ1v) is 7.46. The van der Waals surface area contributed by atoms with Gasteiger partial charge in [-0.05, 0) is 36.8 Å². The lowest BCUT2D eigenvalue weighted by Gasteiger charge is -2.13. The van der Waals surface area contributed by atoms with Crippen LogP contribution in [-0.4, -0.2) is 20.9 Å². The van der Waals surface area contributed by atoms with E-state index in [1.54, 1.807) is 12.1 Å². The monoisotopic (exact) mass is 317 g/mol. The minimum absolute atomic E-state index is 0.202. The van der Waals surface area contributed by atoms with E-state index in [4.69, 9.17) is 5.26 Å². The van der Waals surface area contributed by atoms with Crippen LogP contribution in [0, 0.1) is 11.3 Å². The molecule has 2 aromatic carbocycles. The third-order valence-electron chi connectivity index (χ3n) is 3.60. The molecule has 0 aliphatic rings. The van der Waals surface area contributed by atoms with Gasteiger partial charge in [0.2, 0.25) is 0 Å². The number of rotatable bonds is 4. The van der Waals surface area contributed by atoms with Gasteiger partial charge in [-0.1, -0.05) is 30.3 Å². The van der Waals surface area contributed by atoms with Crippen LogP contribution in [0.2, 0.25) is 0 Å². The number of carbonyl (C=O) groups excluding carboxylic acids is 1. The maximum absolute atomic E-state index is 12.3. The molecule has 3 aromatic rings. The Morgan fingerprint density at radius 2 is 1.88 bits per heavy atom. The Balaban J connectivity index is 1.70. The van der Waals surface area contributed by atoms with Gasteiger partial charge in [-0.15, -0.1) is 5.10 Å². The molecule has 0 fully saturated rings. The average molecular weight is 317 g/mol. The smallest absolute Gasteiger partial charge is 0.273 e.